The smallest absolute Gasteiger partial charge is 0.421 e. The van der Waals surface area contributed by atoms with E-state index in [9.17, 15) is 22.4 Å². The number of hydrogen-bond donors (Lipinski definition) is 3. The van der Waals surface area contributed by atoms with Gasteiger partial charge in [-0.3, -0.25) is 4.90 Å². The molecule has 3 rings (SSSR count). The summed E-state index contributed by atoms with van der Waals surface area (Å²) in [4.78, 5) is 21.6. The SMILES string of the molecule is C[C@H](CNc1ncc(C(F)(F)F)c(N)n1)NC(=O)OC1CCN(Cc2ccc(F)cc2)CC1. The molecule has 180 valence electrons. The molecule has 1 fully saturated rings. The summed E-state index contributed by atoms with van der Waals surface area (Å²) < 4.78 is 56.6. The Morgan fingerprint density at radius 2 is 1.94 bits per heavy atom. The van der Waals surface area contributed by atoms with Crippen LogP contribution in [0.4, 0.5) is 34.1 Å². The molecule has 0 saturated carbocycles. The van der Waals surface area contributed by atoms with Gasteiger partial charge < -0.3 is 21.1 Å². The number of ether oxygens (including phenoxy) is 1. The van der Waals surface area contributed by atoms with Crippen molar-refractivity contribution < 1.29 is 27.1 Å². The Labute approximate surface area is 188 Å². The largest absolute Gasteiger partial charge is 0.446 e. The average molecular weight is 470 g/mol. The second-order valence-electron chi connectivity index (χ2n) is 7.92. The number of benzene rings is 1. The molecule has 0 radical (unpaired) electrons. The number of alkyl carbamates (subject to hydrolysis) is 1. The third-order valence-electron chi connectivity index (χ3n) is 5.18. The third kappa shape index (κ3) is 7.45. The van der Waals surface area contributed by atoms with Gasteiger partial charge in [0.05, 0.1) is 0 Å². The standard InChI is InChI=1S/C21H26F4N6O2/c1-13(10-27-19-28-11-17(18(26)30-19)21(23,24)25)29-20(32)33-16-6-8-31(9-7-16)12-14-2-4-15(22)5-3-14/h2-5,11,13,16H,6-10,12H2,1H3,(H,29,32)(H3,26,27,28,30)/t13-/m1/s1. The van der Waals surface area contributed by atoms with E-state index in [1.807, 2.05) is 0 Å². The first kappa shape index (κ1) is 24.5. The second-order valence-corrected chi connectivity index (χ2v) is 7.92. The van der Waals surface area contributed by atoms with Gasteiger partial charge in [-0.15, -0.1) is 0 Å². The molecule has 4 N–H and O–H groups in total. The molecular weight excluding hydrogens is 444 g/mol. The normalized spacial score (nSPS) is 16.3. The zero-order valence-electron chi connectivity index (χ0n) is 18.0. The van der Waals surface area contributed by atoms with Crippen molar-refractivity contribution in [3.63, 3.8) is 0 Å². The molecule has 1 amide bonds. The van der Waals surface area contributed by atoms with Crippen LogP contribution in [0.25, 0.3) is 0 Å². The quantitative estimate of drug-likeness (QED) is 0.533. The molecule has 1 aromatic heterocycles. The molecule has 2 heterocycles. The second kappa shape index (κ2) is 10.6. The molecule has 1 saturated heterocycles. The molecule has 8 nitrogen and oxygen atoms in total. The van der Waals surface area contributed by atoms with Crippen LogP contribution in [0.1, 0.15) is 30.9 Å². The molecule has 1 atom stereocenters. The van der Waals surface area contributed by atoms with Crippen molar-refractivity contribution >= 4 is 17.9 Å². The van der Waals surface area contributed by atoms with Crippen molar-refractivity contribution in [3.8, 4) is 0 Å². The van der Waals surface area contributed by atoms with Crippen LogP contribution in [0.15, 0.2) is 30.5 Å². The monoisotopic (exact) mass is 470 g/mol. The van der Waals surface area contributed by atoms with Crippen molar-refractivity contribution in [1.29, 1.82) is 0 Å². The molecule has 0 bridgehead atoms. The fraction of sp³-hybridized carbons (Fsp3) is 0.476. The Kier molecular flexibility index (Phi) is 7.90. The lowest BCUT2D eigenvalue weighted by atomic mass is 10.1. The summed E-state index contributed by atoms with van der Waals surface area (Å²) in [6.07, 6.45) is -3.45. The van der Waals surface area contributed by atoms with Gasteiger partial charge in [0, 0.05) is 38.4 Å². The maximum Gasteiger partial charge on any atom is 0.421 e. The molecule has 1 aromatic carbocycles. The number of amides is 1. The minimum atomic E-state index is -4.63. The van der Waals surface area contributed by atoms with E-state index >= 15 is 0 Å². The van der Waals surface area contributed by atoms with Crippen LogP contribution in [-0.2, 0) is 17.5 Å². The fourth-order valence-electron chi connectivity index (χ4n) is 3.41. The minimum absolute atomic E-state index is 0.0731. The van der Waals surface area contributed by atoms with Crippen molar-refractivity contribution in [2.75, 3.05) is 30.7 Å². The maximum atomic E-state index is 13.0. The Morgan fingerprint density at radius 1 is 1.27 bits per heavy atom. The lowest BCUT2D eigenvalue weighted by molar-refractivity contribution is -0.137. The Bertz CT molecular complexity index is 933. The zero-order chi connectivity index (χ0) is 24.0. The van der Waals surface area contributed by atoms with E-state index in [4.69, 9.17) is 10.5 Å². The maximum absolute atomic E-state index is 13.0. The van der Waals surface area contributed by atoms with Crippen LogP contribution in [0.2, 0.25) is 0 Å². The number of alkyl halides is 3. The Morgan fingerprint density at radius 3 is 2.55 bits per heavy atom. The van der Waals surface area contributed by atoms with Gasteiger partial charge >= 0.3 is 12.3 Å². The highest BCUT2D eigenvalue weighted by atomic mass is 19.4. The molecule has 0 unspecified atom stereocenters. The number of carbonyl (C=O) groups excluding carboxylic acids is 1. The molecule has 1 aliphatic rings. The van der Waals surface area contributed by atoms with Gasteiger partial charge in [-0.2, -0.15) is 18.2 Å². The number of carbonyl (C=O) groups is 1. The lowest BCUT2D eigenvalue weighted by Gasteiger charge is -2.31. The van der Waals surface area contributed by atoms with E-state index in [-0.39, 0.29) is 24.4 Å². The van der Waals surface area contributed by atoms with Crippen LogP contribution in [0, 0.1) is 5.82 Å². The van der Waals surface area contributed by atoms with Gasteiger partial charge in [0.15, 0.2) is 0 Å². The van der Waals surface area contributed by atoms with E-state index in [0.717, 1.165) is 18.7 Å². The summed E-state index contributed by atoms with van der Waals surface area (Å²) in [7, 11) is 0. The van der Waals surface area contributed by atoms with Crippen LogP contribution in [-0.4, -0.2) is 52.7 Å². The molecule has 2 aromatic rings. The van der Waals surface area contributed by atoms with Crippen molar-refractivity contribution in [2.24, 2.45) is 0 Å². The van der Waals surface area contributed by atoms with Gasteiger partial charge in [-0.1, -0.05) is 12.1 Å². The number of likely N-dealkylation sites (tertiary alicyclic amines) is 1. The number of hydrogen-bond acceptors (Lipinski definition) is 7. The topological polar surface area (TPSA) is 105 Å². The number of nitrogens with zero attached hydrogens (tertiary/aromatic N) is 3. The summed E-state index contributed by atoms with van der Waals surface area (Å²) in [6, 6.07) is 5.98. The number of anilines is 2. The van der Waals surface area contributed by atoms with E-state index < -0.39 is 29.7 Å². The molecule has 12 heteroatoms. The van der Waals surface area contributed by atoms with Crippen LogP contribution in [0.3, 0.4) is 0 Å². The summed E-state index contributed by atoms with van der Waals surface area (Å²) in [5.74, 6) is -1.01. The van der Waals surface area contributed by atoms with Crippen LogP contribution in [0.5, 0.6) is 0 Å². The zero-order valence-corrected chi connectivity index (χ0v) is 18.0. The fourth-order valence-corrected chi connectivity index (χ4v) is 3.41. The van der Waals surface area contributed by atoms with Gasteiger partial charge in [-0.05, 0) is 37.5 Å². The number of nitrogens with two attached hydrogens (primary N) is 1. The summed E-state index contributed by atoms with van der Waals surface area (Å²) in [5, 5.41) is 5.40. The number of piperidine rings is 1. The van der Waals surface area contributed by atoms with Crippen molar-refractivity contribution in [1.82, 2.24) is 20.2 Å². The van der Waals surface area contributed by atoms with Gasteiger partial charge in [0.1, 0.15) is 23.3 Å². The number of nitrogen functional groups attached to an aromatic ring is 1. The number of nitrogens with one attached hydrogen (secondary N) is 2. The first-order valence-electron chi connectivity index (χ1n) is 10.5. The molecular formula is C21H26F4N6O2. The van der Waals surface area contributed by atoms with Crippen LogP contribution < -0.4 is 16.4 Å². The Hall–Kier alpha value is -3.15. The van der Waals surface area contributed by atoms with Gasteiger partial charge in [0.2, 0.25) is 5.95 Å². The van der Waals surface area contributed by atoms with E-state index in [0.29, 0.717) is 25.6 Å². The van der Waals surface area contributed by atoms with E-state index in [1.165, 1.54) is 12.1 Å². The van der Waals surface area contributed by atoms with Crippen LogP contribution >= 0.6 is 0 Å². The minimum Gasteiger partial charge on any atom is -0.446 e. The van der Waals surface area contributed by atoms with E-state index in [2.05, 4.69) is 25.5 Å². The van der Waals surface area contributed by atoms with Crippen molar-refractivity contribution in [3.05, 3.63) is 47.4 Å². The number of halogens is 4. The number of rotatable bonds is 7. The predicted molar refractivity (Wildman–Crippen MR) is 114 cm³/mol. The molecule has 0 spiro atoms. The van der Waals surface area contributed by atoms with Crippen molar-refractivity contribution in [2.45, 2.75) is 44.6 Å². The van der Waals surface area contributed by atoms with E-state index in [1.54, 1.807) is 19.1 Å². The third-order valence-corrected chi connectivity index (χ3v) is 5.18. The highest BCUT2D eigenvalue weighted by molar-refractivity contribution is 5.67. The van der Waals surface area contributed by atoms with Gasteiger partial charge in [0.25, 0.3) is 0 Å². The first-order chi connectivity index (χ1) is 15.6. The first-order valence-corrected chi connectivity index (χ1v) is 10.5. The lowest BCUT2D eigenvalue weighted by Crippen LogP contribution is -2.42. The Balaban J connectivity index is 1.37. The molecule has 33 heavy (non-hydrogen) atoms. The average Bonchev–Trinajstić information content (AvgIpc) is 2.74. The summed E-state index contributed by atoms with van der Waals surface area (Å²) in [5.41, 5.74) is 5.25. The number of aromatic nitrogens is 2. The molecule has 1 aliphatic heterocycles. The van der Waals surface area contributed by atoms with Gasteiger partial charge in [-0.25, -0.2) is 14.2 Å². The summed E-state index contributed by atoms with van der Waals surface area (Å²) >= 11 is 0. The summed E-state index contributed by atoms with van der Waals surface area (Å²) in [6.45, 7) is 4.07. The highest BCUT2D eigenvalue weighted by Crippen LogP contribution is 2.32. The highest BCUT2D eigenvalue weighted by Gasteiger charge is 2.34. The predicted octanol–water partition coefficient (Wildman–Crippen LogP) is 3.41. The molecule has 0 aliphatic carbocycles.